The van der Waals surface area contributed by atoms with E-state index in [4.69, 9.17) is 0 Å². The second kappa shape index (κ2) is 20.4. The van der Waals surface area contributed by atoms with Crippen molar-refractivity contribution in [1.82, 2.24) is 0 Å². The molecule has 1 nitrogen and oxygen atoms in total. The average molecular weight is 483 g/mol. The molecule has 0 saturated heterocycles. The van der Waals surface area contributed by atoms with Gasteiger partial charge in [-0.2, -0.15) is 23.5 Å². The number of aliphatic hydroxyl groups excluding tert-OH is 1. The van der Waals surface area contributed by atoms with Gasteiger partial charge >= 0.3 is 0 Å². The highest BCUT2D eigenvalue weighted by atomic mass is 32.2. The summed E-state index contributed by atoms with van der Waals surface area (Å²) in [6.45, 7) is 6.84. The number of aliphatic hydroxyl groups is 1. The summed E-state index contributed by atoms with van der Waals surface area (Å²) in [5, 5.41) is 10.5. The Kier molecular flexibility index (Phi) is 19.1. The molecule has 1 rings (SSSR count). The molecular weight excluding hydrogens is 428 g/mol. The van der Waals surface area contributed by atoms with Crippen LogP contribution in [0.5, 0.6) is 0 Å². The van der Waals surface area contributed by atoms with Crippen LogP contribution in [0, 0.1) is 5.41 Å². The van der Waals surface area contributed by atoms with Crippen LogP contribution < -0.4 is 0 Å². The first-order valence-corrected chi connectivity index (χ1v) is 16.2. The summed E-state index contributed by atoms with van der Waals surface area (Å²) in [6.07, 6.45) is 26.8. The predicted octanol–water partition coefficient (Wildman–Crippen LogP) is 10.5. The molecule has 0 aromatic carbocycles. The lowest BCUT2D eigenvalue weighted by molar-refractivity contribution is 0.215. The molecular formula is C29H54OS2. The van der Waals surface area contributed by atoms with Gasteiger partial charge in [0.05, 0.1) is 5.76 Å². The van der Waals surface area contributed by atoms with Crippen molar-refractivity contribution in [2.24, 2.45) is 5.41 Å². The van der Waals surface area contributed by atoms with Gasteiger partial charge in [0.2, 0.25) is 0 Å². The van der Waals surface area contributed by atoms with Crippen molar-refractivity contribution in [3.05, 3.63) is 23.5 Å². The van der Waals surface area contributed by atoms with Gasteiger partial charge in [-0.05, 0) is 74.0 Å². The van der Waals surface area contributed by atoms with Crippen LogP contribution in [0.1, 0.15) is 130 Å². The van der Waals surface area contributed by atoms with Crippen LogP contribution >= 0.6 is 23.5 Å². The highest BCUT2D eigenvalue weighted by molar-refractivity contribution is 7.99. The van der Waals surface area contributed by atoms with Crippen LogP contribution in [0.3, 0.4) is 0 Å². The van der Waals surface area contributed by atoms with Crippen molar-refractivity contribution in [1.29, 1.82) is 0 Å². The van der Waals surface area contributed by atoms with Gasteiger partial charge in [-0.3, -0.25) is 0 Å². The lowest BCUT2D eigenvalue weighted by Gasteiger charge is -2.33. The van der Waals surface area contributed by atoms with Gasteiger partial charge in [-0.1, -0.05) is 96.6 Å². The second-order valence-corrected chi connectivity index (χ2v) is 12.5. The third-order valence-electron chi connectivity index (χ3n) is 6.80. The van der Waals surface area contributed by atoms with Crippen LogP contribution in [-0.4, -0.2) is 28.1 Å². The van der Waals surface area contributed by atoms with Gasteiger partial charge in [0.1, 0.15) is 0 Å². The lowest BCUT2D eigenvalue weighted by atomic mass is 9.74. The Bertz CT molecular complexity index is 499. The molecule has 0 aromatic heterocycles. The molecule has 32 heavy (non-hydrogen) atoms. The number of allylic oxidation sites excluding steroid dienone is 4. The minimum atomic E-state index is -0.0313. The van der Waals surface area contributed by atoms with Gasteiger partial charge < -0.3 is 5.11 Å². The van der Waals surface area contributed by atoms with Crippen molar-refractivity contribution in [3.63, 3.8) is 0 Å². The van der Waals surface area contributed by atoms with E-state index in [1.54, 1.807) is 5.57 Å². The van der Waals surface area contributed by atoms with Crippen LogP contribution in [0.2, 0.25) is 0 Å². The summed E-state index contributed by atoms with van der Waals surface area (Å²) >= 11 is 4.26. The number of hydrogen-bond donors (Lipinski definition) is 1. The maximum atomic E-state index is 10.5. The molecule has 0 amide bonds. The molecule has 1 aliphatic rings. The molecule has 3 heteroatoms. The molecule has 0 radical (unpaired) electrons. The number of unbranched alkanes of at least 4 members (excludes halogenated alkanes) is 10. The largest absolute Gasteiger partial charge is 0.512 e. The number of hydrogen-bond acceptors (Lipinski definition) is 3. The van der Waals surface area contributed by atoms with E-state index in [2.05, 4.69) is 50.4 Å². The van der Waals surface area contributed by atoms with Crippen molar-refractivity contribution in [3.8, 4) is 0 Å². The first-order valence-electron chi connectivity index (χ1n) is 13.9. The molecule has 1 N–H and O–H groups in total. The zero-order valence-corrected chi connectivity index (χ0v) is 23.4. The topological polar surface area (TPSA) is 20.2 Å². The van der Waals surface area contributed by atoms with E-state index in [-0.39, 0.29) is 5.41 Å². The van der Waals surface area contributed by atoms with Gasteiger partial charge in [-0.25, -0.2) is 0 Å². The summed E-state index contributed by atoms with van der Waals surface area (Å²) in [6, 6.07) is 0. The fourth-order valence-electron chi connectivity index (χ4n) is 4.58. The van der Waals surface area contributed by atoms with E-state index in [9.17, 15) is 5.11 Å². The first-order chi connectivity index (χ1) is 15.6. The van der Waals surface area contributed by atoms with Crippen molar-refractivity contribution in [2.45, 2.75) is 130 Å². The molecule has 1 unspecified atom stereocenters. The molecule has 1 atom stereocenters. The van der Waals surface area contributed by atoms with E-state index in [1.165, 1.54) is 119 Å². The SMILES string of the molecule is CCCCCCCCSCCCC1=CC=C(O)C(C)(CCCSCCCCCCCC)C1. The van der Waals surface area contributed by atoms with E-state index in [1.807, 2.05) is 6.08 Å². The zero-order chi connectivity index (χ0) is 23.3. The third-order valence-corrected chi connectivity index (χ3v) is 9.11. The summed E-state index contributed by atoms with van der Waals surface area (Å²) in [5.41, 5.74) is 1.52. The Morgan fingerprint density at radius 2 is 1.19 bits per heavy atom. The molecule has 0 bridgehead atoms. The summed E-state index contributed by atoms with van der Waals surface area (Å²) < 4.78 is 0. The van der Waals surface area contributed by atoms with Gasteiger partial charge in [0.15, 0.2) is 0 Å². The molecule has 1 aliphatic carbocycles. The Balaban J connectivity index is 2.07. The second-order valence-electron chi connectivity index (χ2n) is 10.1. The molecule has 0 aromatic rings. The fraction of sp³-hybridized carbons (Fsp3) is 0.862. The van der Waals surface area contributed by atoms with Crippen LogP contribution in [0.4, 0.5) is 0 Å². The normalized spacial score (nSPS) is 18.6. The Morgan fingerprint density at radius 3 is 1.78 bits per heavy atom. The number of thioether (sulfide) groups is 2. The van der Waals surface area contributed by atoms with E-state index in [0.717, 1.165) is 12.8 Å². The average Bonchev–Trinajstić information content (AvgIpc) is 2.79. The van der Waals surface area contributed by atoms with Crippen molar-refractivity contribution >= 4 is 23.5 Å². The fourth-order valence-corrected chi connectivity index (χ4v) is 6.50. The first kappa shape index (κ1) is 30.0. The maximum absolute atomic E-state index is 10.5. The lowest BCUT2D eigenvalue weighted by Crippen LogP contribution is -2.23. The van der Waals surface area contributed by atoms with Crippen molar-refractivity contribution < 1.29 is 5.11 Å². The zero-order valence-electron chi connectivity index (χ0n) is 21.8. The van der Waals surface area contributed by atoms with Crippen LogP contribution in [-0.2, 0) is 0 Å². The summed E-state index contributed by atoms with van der Waals surface area (Å²) in [7, 11) is 0. The highest BCUT2D eigenvalue weighted by Gasteiger charge is 2.31. The molecule has 188 valence electrons. The Labute approximate surface area is 210 Å². The standard InChI is InChI=1S/C29H54OS2/c1-4-6-8-10-12-14-22-31-24-16-18-27-19-20-28(30)29(3,26-27)21-17-25-32-23-15-13-11-9-7-5-2/h19-20,30H,4-18,21-26H2,1-3H3. The maximum Gasteiger partial charge on any atom is 0.0984 e. The third kappa shape index (κ3) is 15.0. The minimum Gasteiger partial charge on any atom is -0.512 e. The van der Waals surface area contributed by atoms with Gasteiger partial charge in [0.25, 0.3) is 0 Å². The minimum absolute atomic E-state index is 0.0313. The van der Waals surface area contributed by atoms with Crippen LogP contribution in [0.15, 0.2) is 23.5 Å². The quantitative estimate of drug-likeness (QED) is 0.155. The highest BCUT2D eigenvalue weighted by Crippen LogP contribution is 2.41. The number of rotatable bonds is 22. The van der Waals surface area contributed by atoms with Crippen LogP contribution in [0.25, 0.3) is 0 Å². The summed E-state index contributed by atoms with van der Waals surface area (Å²) in [5.74, 6) is 5.78. The van der Waals surface area contributed by atoms with Gasteiger partial charge in [0, 0.05) is 5.41 Å². The molecule has 0 spiro atoms. The molecule has 0 heterocycles. The Morgan fingerprint density at radius 1 is 0.688 bits per heavy atom. The predicted molar refractivity (Wildman–Crippen MR) is 151 cm³/mol. The van der Waals surface area contributed by atoms with E-state index in [0.29, 0.717) is 5.76 Å². The monoisotopic (exact) mass is 482 g/mol. The molecule has 0 saturated carbocycles. The van der Waals surface area contributed by atoms with E-state index >= 15 is 0 Å². The van der Waals surface area contributed by atoms with Crippen molar-refractivity contribution in [2.75, 3.05) is 23.0 Å². The Hall–Kier alpha value is -0.0200. The molecule has 0 aliphatic heterocycles. The van der Waals surface area contributed by atoms with Gasteiger partial charge in [-0.15, -0.1) is 0 Å². The summed E-state index contributed by atoms with van der Waals surface area (Å²) in [4.78, 5) is 0. The van der Waals surface area contributed by atoms with E-state index < -0.39 is 0 Å². The smallest absolute Gasteiger partial charge is 0.0984 e. The molecule has 0 fully saturated rings.